The summed E-state index contributed by atoms with van der Waals surface area (Å²) in [6.45, 7) is -0.473. The maximum atomic E-state index is 9.20. The quantitative estimate of drug-likeness (QED) is 0.367. The third-order valence-corrected chi connectivity index (χ3v) is 2.30. The van der Waals surface area contributed by atoms with Crippen molar-refractivity contribution in [3.8, 4) is 0 Å². The van der Waals surface area contributed by atoms with Gasteiger partial charge >= 0.3 is 0 Å². The second-order valence-electron chi connectivity index (χ2n) is 2.67. The van der Waals surface area contributed by atoms with Gasteiger partial charge in [0.1, 0.15) is 23.7 Å². The molecule has 3 unspecified atom stereocenters. The van der Waals surface area contributed by atoms with Gasteiger partial charge in [-0.3, -0.25) is 0 Å². The molecule has 12 heavy (non-hydrogen) atoms. The van der Waals surface area contributed by atoms with Gasteiger partial charge in [0, 0.05) is 0 Å². The van der Waals surface area contributed by atoms with E-state index in [0.717, 1.165) is 0 Å². The van der Waals surface area contributed by atoms with Crippen LogP contribution in [0.15, 0.2) is 0 Å². The van der Waals surface area contributed by atoms with Crippen LogP contribution in [0.25, 0.3) is 0 Å². The molecule has 72 valence electrons. The fraction of sp³-hybridized carbons (Fsp3) is 1.00. The summed E-state index contributed by atoms with van der Waals surface area (Å²) in [7, 11) is 0. The van der Waals surface area contributed by atoms with Crippen molar-refractivity contribution in [3.05, 3.63) is 0 Å². The number of alkyl halides is 1. The molecule has 0 aliphatic carbocycles. The lowest BCUT2D eigenvalue weighted by Gasteiger charge is -2.37. The van der Waals surface area contributed by atoms with E-state index in [4.69, 9.17) is 26.6 Å². The molecule has 1 aliphatic rings. The summed E-state index contributed by atoms with van der Waals surface area (Å²) < 4.78 is 4.69. The minimum Gasteiger partial charge on any atom is -0.394 e. The Kier molecular flexibility index (Phi) is 3.28. The summed E-state index contributed by atoms with van der Waals surface area (Å²) in [6, 6.07) is 0. The molecular weight excluding hydrogens is 188 g/mol. The third kappa shape index (κ3) is 1.71. The molecule has 1 heterocycles. The lowest BCUT2D eigenvalue weighted by atomic mass is 10.0. The SMILES string of the molecule is OC[C@H]1OC(O)C(Cl)[C@@H](O)C1O. The molecule has 1 fully saturated rings. The summed E-state index contributed by atoms with van der Waals surface area (Å²) >= 11 is 5.47. The molecule has 0 bridgehead atoms. The Morgan fingerprint density at radius 2 is 1.75 bits per heavy atom. The molecule has 4 N–H and O–H groups in total. The Balaban J connectivity index is 2.63. The van der Waals surface area contributed by atoms with Gasteiger partial charge in [0.2, 0.25) is 0 Å². The van der Waals surface area contributed by atoms with Crippen LogP contribution in [-0.4, -0.2) is 57.0 Å². The van der Waals surface area contributed by atoms with Gasteiger partial charge in [0.15, 0.2) is 6.29 Å². The molecule has 0 aromatic carbocycles. The molecule has 1 saturated heterocycles. The lowest BCUT2D eigenvalue weighted by molar-refractivity contribution is -0.236. The number of aliphatic hydroxyl groups excluding tert-OH is 4. The number of ether oxygens (including phenoxy) is 1. The van der Waals surface area contributed by atoms with Crippen LogP contribution in [0, 0.1) is 0 Å². The summed E-state index contributed by atoms with van der Waals surface area (Å²) in [6.07, 6.45) is -4.89. The van der Waals surface area contributed by atoms with E-state index >= 15 is 0 Å². The van der Waals surface area contributed by atoms with Crippen molar-refractivity contribution >= 4 is 11.6 Å². The van der Waals surface area contributed by atoms with Gasteiger partial charge in [-0.15, -0.1) is 11.6 Å². The molecule has 5 nitrogen and oxygen atoms in total. The highest BCUT2D eigenvalue weighted by Gasteiger charge is 2.42. The van der Waals surface area contributed by atoms with Crippen molar-refractivity contribution in [3.63, 3.8) is 0 Å². The van der Waals surface area contributed by atoms with Crippen LogP contribution >= 0.6 is 11.6 Å². The van der Waals surface area contributed by atoms with Crippen LogP contribution in [0.1, 0.15) is 0 Å². The smallest absolute Gasteiger partial charge is 0.174 e. The highest BCUT2D eigenvalue weighted by Crippen LogP contribution is 2.23. The highest BCUT2D eigenvalue weighted by atomic mass is 35.5. The summed E-state index contributed by atoms with van der Waals surface area (Å²) in [5, 5.41) is 35.0. The van der Waals surface area contributed by atoms with E-state index in [1.807, 2.05) is 0 Å². The van der Waals surface area contributed by atoms with Crippen LogP contribution in [0.2, 0.25) is 0 Å². The number of hydrogen-bond acceptors (Lipinski definition) is 5. The summed E-state index contributed by atoms with van der Waals surface area (Å²) in [5.74, 6) is 0. The highest BCUT2D eigenvalue weighted by molar-refractivity contribution is 6.21. The predicted octanol–water partition coefficient (Wildman–Crippen LogP) is -1.97. The van der Waals surface area contributed by atoms with Gasteiger partial charge in [-0.25, -0.2) is 0 Å². The Bertz CT molecular complexity index is 150. The molecule has 6 heteroatoms. The lowest BCUT2D eigenvalue weighted by Crippen LogP contribution is -2.56. The Hall–Kier alpha value is 0.0900. The Morgan fingerprint density at radius 3 is 2.25 bits per heavy atom. The predicted molar refractivity (Wildman–Crippen MR) is 39.6 cm³/mol. The van der Waals surface area contributed by atoms with Crippen LogP contribution in [-0.2, 0) is 4.74 Å². The van der Waals surface area contributed by atoms with Crippen LogP contribution in [0.3, 0.4) is 0 Å². The zero-order valence-electron chi connectivity index (χ0n) is 6.17. The average molecular weight is 199 g/mol. The molecule has 0 amide bonds. The Labute approximate surface area is 74.2 Å². The van der Waals surface area contributed by atoms with Crippen LogP contribution < -0.4 is 0 Å². The minimum absolute atomic E-state index is 0.473. The van der Waals surface area contributed by atoms with Gasteiger partial charge in [-0.05, 0) is 0 Å². The van der Waals surface area contributed by atoms with E-state index in [0.29, 0.717) is 0 Å². The zero-order chi connectivity index (χ0) is 9.30. The van der Waals surface area contributed by atoms with Crippen molar-refractivity contribution in [1.82, 2.24) is 0 Å². The van der Waals surface area contributed by atoms with Gasteiger partial charge in [0.05, 0.1) is 6.61 Å². The molecule has 0 aromatic rings. The van der Waals surface area contributed by atoms with E-state index < -0.39 is 36.6 Å². The van der Waals surface area contributed by atoms with E-state index in [9.17, 15) is 10.2 Å². The fourth-order valence-corrected chi connectivity index (χ4v) is 1.27. The van der Waals surface area contributed by atoms with Crippen molar-refractivity contribution in [2.75, 3.05) is 6.61 Å². The molecule has 0 aromatic heterocycles. The topological polar surface area (TPSA) is 90.2 Å². The number of halogens is 1. The van der Waals surface area contributed by atoms with E-state index in [2.05, 4.69) is 0 Å². The molecule has 1 aliphatic heterocycles. The number of rotatable bonds is 1. The third-order valence-electron chi connectivity index (χ3n) is 1.82. The normalized spacial score (nSPS) is 49.2. The molecule has 5 atom stereocenters. The zero-order valence-corrected chi connectivity index (χ0v) is 6.92. The first-order valence-electron chi connectivity index (χ1n) is 3.52. The van der Waals surface area contributed by atoms with Gasteiger partial charge < -0.3 is 25.2 Å². The summed E-state index contributed by atoms with van der Waals surface area (Å²) in [5.41, 5.74) is 0. The molecular formula is C6H11ClO5. The number of hydrogen-bond donors (Lipinski definition) is 4. The first kappa shape index (κ1) is 10.2. The fourth-order valence-electron chi connectivity index (χ4n) is 1.06. The van der Waals surface area contributed by atoms with E-state index in [1.54, 1.807) is 0 Å². The maximum Gasteiger partial charge on any atom is 0.174 e. The monoisotopic (exact) mass is 198 g/mol. The number of aliphatic hydroxyl groups is 4. The average Bonchev–Trinajstić information content (AvgIpc) is 2.08. The van der Waals surface area contributed by atoms with Crippen molar-refractivity contribution in [2.24, 2.45) is 0 Å². The maximum absolute atomic E-state index is 9.20. The molecule has 0 saturated carbocycles. The minimum atomic E-state index is -1.36. The first-order chi connectivity index (χ1) is 5.57. The van der Waals surface area contributed by atoms with Gasteiger partial charge in [0.25, 0.3) is 0 Å². The van der Waals surface area contributed by atoms with Crippen molar-refractivity contribution < 1.29 is 25.2 Å². The second kappa shape index (κ2) is 3.87. The Morgan fingerprint density at radius 1 is 1.17 bits per heavy atom. The molecule has 0 radical (unpaired) electrons. The summed E-state index contributed by atoms with van der Waals surface area (Å²) in [4.78, 5) is 0. The largest absolute Gasteiger partial charge is 0.394 e. The second-order valence-corrected chi connectivity index (χ2v) is 3.18. The first-order valence-corrected chi connectivity index (χ1v) is 3.96. The van der Waals surface area contributed by atoms with Crippen molar-refractivity contribution in [2.45, 2.75) is 30.0 Å². The van der Waals surface area contributed by atoms with Gasteiger partial charge in [-0.2, -0.15) is 0 Å². The van der Waals surface area contributed by atoms with Crippen LogP contribution in [0.4, 0.5) is 0 Å². The van der Waals surface area contributed by atoms with Gasteiger partial charge in [-0.1, -0.05) is 0 Å². The van der Waals surface area contributed by atoms with E-state index in [-0.39, 0.29) is 0 Å². The standard InChI is InChI=1S/C6H11ClO5/c7-3-5(10)4(9)2(1-8)12-6(3)11/h2-6,8-11H,1H2/t2-,3?,4?,5-,6?/m1/s1. The van der Waals surface area contributed by atoms with E-state index in [1.165, 1.54) is 0 Å². The van der Waals surface area contributed by atoms with Crippen LogP contribution in [0.5, 0.6) is 0 Å². The molecule has 1 rings (SSSR count). The van der Waals surface area contributed by atoms with Crippen molar-refractivity contribution in [1.29, 1.82) is 0 Å². The molecule has 0 spiro atoms.